The molecule has 0 aliphatic rings. The van der Waals surface area contributed by atoms with Crippen LogP contribution in [-0.4, -0.2) is 32.4 Å². The molecule has 0 spiro atoms. The predicted octanol–water partition coefficient (Wildman–Crippen LogP) is 1.10. The Hall–Kier alpha value is -1.00. The van der Waals surface area contributed by atoms with Crippen LogP contribution in [0.2, 0.25) is 0 Å². The van der Waals surface area contributed by atoms with Crippen molar-refractivity contribution in [1.82, 2.24) is 9.97 Å². The van der Waals surface area contributed by atoms with E-state index in [-0.39, 0.29) is 0 Å². The maximum atomic E-state index is 9.53. The van der Waals surface area contributed by atoms with Crippen LogP contribution >= 0.6 is 0 Å². The fourth-order valence-corrected chi connectivity index (χ4v) is 1.41. The Bertz CT molecular complexity index is 316. The van der Waals surface area contributed by atoms with Gasteiger partial charge in [0.25, 0.3) is 0 Å². The number of hydrogen-bond acceptors (Lipinski definition) is 4. The van der Waals surface area contributed by atoms with Gasteiger partial charge in [-0.3, -0.25) is 9.97 Å². The van der Waals surface area contributed by atoms with Crippen molar-refractivity contribution in [3.05, 3.63) is 23.8 Å². The average Bonchev–Trinajstić information content (AvgIpc) is 2.26. The molecule has 2 atom stereocenters. The third-order valence-corrected chi connectivity index (χ3v) is 2.50. The summed E-state index contributed by atoms with van der Waals surface area (Å²) in [6.07, 6.45) is 5.39. The highest BCUT2D eigenvalue weighted by Crippen LogP contribution is 2.06. The molecule has 0 saturated carbocycles. The van der Waals surface area contributed by atoms with Gasteiger partial charge < -0.3 is 10.2 Å². The van der Waals surface area contributed by atoms with Crippen molar-refractivity contribution >= 4 is 0 Å². The van der Waals surface area contributed by atoms with Crippen molar-refractivity contribution in [1.29, 1.82) is 0 Å². The van der Waals surface area contributed by atoms with E-state index in [2.05, 4.69) is 16.9 Å². The molecule has 1 aromatic heterocycles. The lowest BCUT2D eigenvalue weighted by atomic mass is 10.1. The first-order valence-corrected chi connectivity index (χ1v) is 5.79. The van der Waals surface area contributed by atoms with Crippen LogP contribution in [0.25, 0.3) is 0 Å². The number of aryl methyl sites for hydroxylation is 1. The molecule has 16 heavy (non-hydrogen) atoms. The fourth-order valence-electron chi connectivity index (χ4n) is 1.41. The number of aliphatic hydroxyl groups excluding tert-OH is 2. The third-order valence-electron chi connectivity index (χ3n) is 2.50. The molecule has 0 aliphatic carbocycles. The molecule has 0 aromatic carbocycles. The first kappa shape index (κ1) is 13.1. The molecular weight excluding hydrogens is 204 g/mol. The van der Waals surface area contributed by atoms with E-state index >= 15 is 0 Å². The normalized spacial score (nSPS) is 14.8. The molecular formula is C12H20N2O2. The smallest absolute Gasteiger partial charge is 0.0852 e. The lowest BCUT2D eigenvalue weighted by Crippen LogP contribution is -2.25. The summed E-state index contributed by atoms with van der Waals surface area (Å²) in [7, 11) is 0. The summed E-state index contributed by atoms with van der Waals surface area (Å²) in [4.78, 5) is 8.49. The van der Waals surface area contributed by atoms with E-state index in [1.54, 1.807) is 19.3 Å². The summed E-state index contributed by atoms with van der Waals surface area (Å²) in [5, 5.41) is 18.7. The van der Waals surface area contributed by atoms with E-state index < -0.39 is 12.2 Å². The zero-order valence-electron chi connectivity index (χ0n) is 9.93. The van der Waals surface area contributed by atoms with Gasteiger partial charge in [-0.15, -0.1) is 0 Å². The maximum absolute atomic E-state index is 9.53. The van der Waals surface area contributed by atoms with Crippen molar-refractivity contribution in [2.75, 3.05) is 0 Å². The van der Waals surface area contributed by atoms with Gasteiger partial charge in [0.05, 0.1) is 23.6 Å². The highest BCUT2D eigenvalue weighted by Gasteiger charge is 2.12. The Morgan fingerprint density at radius 1 is 1.25 bits per heavy atom. The van der Waals surface area contributed by atoms with Crippen LogP contribution in [0.3, 0.4) is 0 Å². The van der Waals surface area contributed by atoms with E-state index in [0.29, 0.717) is 6.42 Å². The van der Waals surface area contributed by atoms with Gasteiger partial charge in [-0.2, -0.15) is 0 Å². The Labute approximate surface area is 96.4 Å². The monoisotopic (exact) mass is 224 g/mol. The number of aliphatic hydroxyl groups is 2. The number of rotatable bonds is 6. The van der Waals surface area contributed by atoms with Crippen LogP contribution in [0.5, 0.6) is 0 Å². The molecule has 1 aromatic rings. The predicted molar refractivity (Wildman–Crippen MR) is 62.0 cm³/mol. The molecule has 0 bridgehead atoms. The minimum absolute atomic E-state index is 0.352. The molecule has 0 amide bonds. The molecule has 1 rings (SSSR count). The maximum Gasteiger partial charge on any atom is 0.0852 e. The SMILES string of the molecule is CCCCc1cncc(C[C@@H](O)[C@H](C)O)n1. The lowest BCUT2D eigenvalue weighted by molar-refractivity contribution is 0.0313. The highest BCUT2D eigenvalue weighted by atomic mass is 16.3. The third kappa shape index (κ3) is 4.24. The second-order valence-corrected chi connectivity index (χ2v) is 4.12. The summed E-state index contributed by atoms with van der Waals surface area (Å²) in [6, 6.07) is 0. The van der Waals surface area contributed by atoms with Gasteiger partial charge in [0, 0.05) is 18.8 Å². The van der Waals surface area contributed by atoms with E-state index in [4.69, 9.17) is 0 Å². The molecule has 0 unspecified atom stereocenters. The minimum Gasteiger partial charge on any atom is -0.391 e. The summed E-state index contributed by atoms with van der Waals surface area (Å²) < 4.78 is 0. The quantitative estimate of drug-likeness (QED) is 0.759. The van der Waals surface area contributed by atoms with Crippen molar-refractivity contribution < 1.29 is 10.2 Å². The first-order valence-electron chi connectivity index (χ1n) is 5.79. The van der Waals surface area contributed by atoms with Gasteiger partial charge in [0.1, 0.15) is 0 Å². The molecule has 90 valence electrons. The summed E-state index contributed by atoms with van der Waals surface area (Å²) in [5.74, 6) is 0. The summed E-state index contributed by atoms with van der Waals surface area (Å²) in [5.41, 5.74) is 1.69. The zero-order chi connectivity index (χ0) is 12.0. The Balaban J connectivity index is 2.59. The summed E-state index contributed by atoms with van der Waals surface area (Å²) >= 11 is 0. The lowest BCUT2D eigenvalue weighted by Gasteiger charge is -2.12. The van der Waals surface area contributed by atoms with Gasteiger partial charge in [-0.1, -0.05) is 13.3 Å². The van der Waals surface area contributed by atoms with Crippen LogP contribution in [0.15, 0.2) is 12.4 Å². The largest absolute Gasteiger partial charge is 0.391 e. The van der Waals surface area contributed by atoms with E-state index in [1.807, 2.05) is 0 Å². The van der Waals surface area contributed by atoms with Crippen LogP contribution in [0.1, 0.15) is 38.1 Å². The Morgan fingerprint density at radius 3 is 2.56 bits per heavy atom. The van der Waals surface area contributed by atoms with Crippen molar-refractivity contribution in [2.45, 2.75) is 51.7 Å². The molecule has 4 nitrogen and oxygen atoms in total. The topological polar surface area (TPSA) is 66.2 Å². The molecule has 1 heterocycles. The fraction of sp³-hybridized carbons (Fsp3) is 0.667. The average molecular weight is 224 g/mol. The van der Waals surface area contributed by atoms with Crippen molar-refractivity contribution in [3.8, 4) is 0 Å². The Kier molecular flexibility index (Phi) is 5.35. The molecule has 0 radical (unpaired) electrons. The van der Waals surface area contributed by atoms with Crippen LogP contribution < -0.4 is 0 Å². The van der Waals surface area contributed by atoms with E-state index in [9.17, 15) is 10.2 Å². The van der Waals surface area contributed by atoms with E-state index in [1.165, 1.54) is 0 Å². The van der Waals surface area contributed by atoms with Crippen molar-refractivity contribution in [3.63, 3.8) is 0 Å². The van der Waals surface area contributed by atoms with Gasteiger partial charge in [-0.05, 0) is 19.8 Å². The number of nitrogens with zero attached hydrogens (tertiary/aromatic N) is 2. The molecule has 0 saturated heterocycles. The number of hydrogen-bond donors (Lipinski definition) is 2. The van der Waals surface area contributed by atoms with Gasteiger partial charge in [0.2, 0.25) is 0 Å². The van der Waals surface area contributed by atoms with Gasteiger partial charge in [-0.25, -0.2) is 0 Å². The standard InChI is InChI=1S/C12H20N2O2/c1-3-4-5-10-7-13-8-11(14-10)6-12(16)9(2)15/h7-9,12,15-16H,3-6H2,1-2H3/t9-,12+/m0/s1. The Morgan fingerprint density at radius 2 is 1.94 bits per heavy atom. The molecule has 4 heteroatoms. The van der Waals surface area contributed by atoms with Gasteiger partial charge >= 0.3 is 0 Å². The zero-order valence-corrected chi connectivity index (χ0v) is 9.93. The molecule has 2 N–H and O–H groups in total. The minimum atomic E-state index is -0.768. The first-order chi connectivity index (χ1) is 7.63. The second kappa shape index (κ2) is 6.55. The molecule has 0 aliphatic heterocycles. The highest BCUT2D eigenvalue weighted by molar-refractivity contribution is 5.04. The molecule has 0 fully saturated rings. The second-order valence-electron chi connectivity index (χ2n) is 4.12. The van der Waals surface area contributed by atoms with Crippen LogP contribution in [-0.2, 0) is 12.8 Å². The van der Waals surface area contributed by atoms with Crippen molar-refractivity contribution in [2.24, 2.45) is 0 Å². The van der Waals surface area contributed by atoms with Gasteiger partial charge in [0.15, 0.2) is 0 Å². The number of aromatic nitrogens is 2. The summed E-state index contributed by atoms with van der Waals surface area (Å²) in [6.45, 7) is 3.70. The van der Waals surface area contributed by atoms with Crippen LogP contribution in [0, 0.1) is 0 Å². The number of unbranched alkanes of at least 4 members (excludes halogenated alkanes) is 1. The van der Waals surface area contributed by atoms with Crippen LogP contribution in [0.4, 0.5) is 0 Å². The van der Waals surface area contributed by atoms with E-state index in [0.717, 1.165) is 30.7 Å².